The van der Waals surface area contributed by atoms with Crippen LogP contribution in [0.3, 0.4) is 0 Å². The Labute approximate surface area is 139 Å². The predicted molar refractivity (Wildman–Crippen MR) is 85.0 cm³/mol. The van der Waals surface area contributed by atoms with E-state index in [4.69, 9.17) is 21.1 Å². The second-order valence-electron chi connectivity index (χ2n) is 4.82. The highest BCUT2D eigenvalue weighted by Crippen LogP contribution is 2.22. The molecule has 0 amide bonds. The Bertz CT molecular complexity index is 722. The summed E-state index contributed by atoms with van der Waals surface area (Å²) in [7, 11) is 0. The van der Waals surface area contributed by atoms with Crippen LogP contribution in [0.25, 0.3) is 5.69 Å². The van der Waals surface area contributed by atoms with Gasteiger partial charge in [-0.15, -0.1) is 0 Å². The minimum Gasteiger partial charge on any atom is -0.463 e. The maximum Gasteiger partial charge on any atom is 0.344 e. The summed E-state index contributed by atoms with van der Waals surface area (Å²) in [6, 6.07) is 6.67. The molecule has 0 aliphatic rings. The largest absolute Gasteiger partial charge is 0.463 e. The highest BCUT2D eigenvalue weighted by Gasteiger charge is 2.13. The quantitative estimate of drug-likeness (QED) is 0.785. The SMILES string of the molecule is CCOC(=O)COC(=O)c1ccc(-n2nc(C)c(Cl)c2C)cc1. The van der Waals surface area contributed by atoms with Crippen LogP contribution in [0.2, 0.25) is 5.02 Å². The maximum atomic E-state index is 11.9. The second kappa shape index (κ2) is 7.28. The van der Waals surface area contributed by atoms with Crippen molar-refractivity contribution in [3.05, 3.63) is 46.2 Å². The Morgan fingerprint density at radius 2 is 1.83 bits per heavy atom. The van der Waals surface area contributed by atoms with Gasteiger partial charge in [-0.3, -0.25) is 0 Å². The third-order valence-corrected chi connectivity index (χ3v) is 3.72. The molecule has 0 fully saturated rings. The van der Waals surface area contributed by atoms with Crippen molar-refractivity contribution in [1.29, 1.82) is 0 Å². The number of ether oxygens (including phenoxy) is 2. The third-order valence-electron chi connectivity index (χ3n) is 3.18. The van der Waals surface area contributed by atoms with E-state index in [0.717, 1.165) is 17.1 Å². The summed E-state index contributed by atoms with van der Waals surface area (Å²) < 4.78 is 11.3. The van der Waals surface area contributed by atoms with E-state index >= 15 is 0 Å². The van der Waals surface area contributed by atoms with Crippen molar-refractivity contribution in [3.63, 3.8) is 0 Å². The summed E-state index contributed by atoms with van der Waals surface area (Å²) in [5, 5.41) is 4.96. The van der Waals surface area contributed by atoms with Gasteiger partial charge < -0.3 is 9.47 Å². The van der Waals surface area contributed by atoms with Gasteiger partial charge in [-0.1, -0.05) is 11.6 Å². The van der Waals surface area contributed by atoms with Crippen LogP contribution in [0, 0.1) is 13.8 Å². The van der Waals surface area contributed by atoms with Crippen molar-refractivity contribution in [2.45, 2.75) is 20.8 Å². The smallest absolute Gasteiger partial charge is 0.344 e. The number of hydrogen-bond donors (Lipinski definition) is 0. The molecule has 23 heavy (non-hydrogen) atoms. The highest BCUT2D eigenvalue weighted by molar-refractivity contribution is 6.31. The Morgan fingerprint density at radius 3 is 2.35 bits per heavy atom. The van der Waals surface area contributed by atoms with Crippen LogP contribution in [0.15, 0.2) is 24.3 Å². The van der Waals surface area contributed by atoms with Crippen LogP contribution < -0.4 is 0 Å². The molecular weight excluding hydrogens is 320 g/mol. The molecule has 0 spiro atoms. The Kier molecular flexibility index (Phi) is 5.39. The van der Waals surface area contributed by atoms with E-state index in [9.17, 15) is 9.59 Å². The van der Waals surface area contributed by atoms with E-state index in [-0.39, 0.29) is 6.61 Å². The van der Waals surface area contributed by atoms with Crippen LogP contribution in [0.5, 0.6) is 0 Å². The van der Waals surface area contributed by atoms with E-state index < -0.39 is 18.5 Å². The molecule has 0 radical (unpaired) electrons. The van der Waals surface area contributed by atoms with Crippen molar-refractivity contribution >= 4 is 23.5 Å². The minimum atomic E-state index is -0.587. The normalized spacial score (nSPS) is 10.4. The van der Waals surface area contributed by atoms with Gasteiger partial charge in [0.1, 0.15) is 0 Å². The lowest BCUT2D eigenvalue weighted by Crippen LogP contribution is -2.16. The summed E-state index contributed by atoms with van der Waals surface area (Å²) in [6.45, 7) is 5.22. The van der Waals surface area contributed by atoms with Gasteiger partial charge in [0.25, 0.3) is 0 Å². The van der Waals surface area contributed by atoms with Gasteiger partial charge in [0.05, 0.1) is 34.3 Å². The predicted octanol–water partition coefficient (Wildman–Crippen LogP) is 2.86. The summed E-state index contributed by atoms with van der Waals surface area (Å²) in [6.07, 6.45) is 0. The number of benzene rings is 1. The lowest BCUT2D eigenvalue weighted by Gasteiger charge is -2.07. The standard InChI is InChI=1S/C16H17ClN2O4/c1-4-22-14(20)9-23-16(21)12-5-7-13(8-6-12)19-11(3)15(17)10(2)18-19/h5-8H,4,9H2,1-3H3. The second-order valence-corrected chi connectivity index (χ2v) is 5.20. The van der Waals surface area contributed by atoms with Crippen LogP contribution in [-0.4, -0.2) is 34.9 Å². The zero-order chi connectivity index (χ0) is 17.0. The fourth-order valence-corrected chi connectivity index (χ4v) is 2.14. The first-order valence-electron chi connectivity index (χ1n) is 7.09. The van der Waals surface area contributed by atoms with E-state index in [2.05, 4.69) is 5.10 Å². The van der Waals surface area contributed by atoms with E-state index in [1.165, 1.54) is 0 Å². The van der Waals surface area contributed by atoms with Crippen molar-refractivity contribution in [2.24, 2.45) is 0 Å². The number of halogens is 1. The molecule has 0 N–H and O–H groups in total. The van der Waals surface area contributed by atoms with Crippen molar-refractivity contribution in [3.8, 4) is 5.69 Å². The molecule has 1 aromatic heterocycles. The van der Waals surface area contributed by atoms with Crippen LogP contribution >= 0.6 is 11.6 Å². The van der Waals surface area contributed by atoms with Crippen molar-refractivity contribution in [1.82, 2.24) is 9.78 Å². The number of carbonyl (C=O) groups excluding carboxylic acids is 2. The number of carbonyl (C=O) groups is 2. The molecule has 0 saturated carbocycles. The zero-order valence-corrected chi connectivity index (χ0v) is 13.9. The molecule has 1 heterocycles. The summed E-state index contributed by atoms with van der Waals surface area (Å²) in [4.78, 5) is 23.0. The lowest BCUT2D eigenvalue weighted by atomic mass is 10.2. The van der Waals surface area contributed by atoms with E-state index in [1.54, 1.807) is 35.9 Å². The number of rotatable bonds is 5. The average Bonchev–Trinajstić information content (AvgIpc) is 2.80. The van der Waals surface area contributed by atoms with Crippen molar-refractivity contribution in [2.75, 3.05) is 13.2 Å². The van der Waals surface area contributed by atoms with Gasteiger partial charge in [0.2, 0.25) is 0 Å². The molecular formula is C16H17ClN2O4. The number of nitrogens with zero attached hydrogens (tertiary/aromatic N) is 2. The maximum absolute atomic E-state index is 11.9. The molecule has 2 aromatic rings. The first-order chi connectivity index (χ1) is 10.9. The summed E-state index contributed by atoms with van der Waals surface area (Å²) in [5.41, 5.74) is 2.68. The molecule has 122 valence electrons. The number of esters is 2. The minimum absolute atomic E-state index is 0.246. The topological polar surface area (TPSA) is 70.4 Å². The molecule has 0 unspecified atom stereocenters. The average molecular weight is 337 g/mol. The van der Waals surface area contributed by atoms with Gasteiger partial charge in [-0.25, -0.2) is 14.3 Å². The lowest BCUT2D eigenvalue weighted by molar-refractivity contribution is -0.146. The third kappa shape index (κ3) is 3.90. The molecule has 2 rings (SSSR count). The molecule has 0 bridgehead atoms. The summed E-state index contributed by atoms with van der Waals surface area (Å²) in [5.74, 6) is -1.16. The zero-order valence-electron chi connectivity index (χ0n) is 13.1. The van der Waals surface area contributed by atoms with Crippen LogP contribution in [0.1, 0.15) is 28.7 Å². The fraction of sp³-hybridized carbons (Fsp3) is 0.312. The van der Waals surface area contributed by atoms with Gasteiger partial charge >= 0.3 is 11.9 Å². The van der Waals surface area contributed by atoms with Gasteiger partial charge in [-0.2, -0.15) is 5.10 Å². The van der Waals surface area contributed by atoms with E-state index in [1.807, 2.05) is 13.8 Å². The molecule has 0 aliphatic heterocycles. The van der Waals surface area contributed by atoms with E-state index in [0.29, 0.717) is 10.6 Å². The van der Waals surface area contributed by atoms with Gasteiger partial charge in [0.15, 0.2) is 6.61 Å². The molecule has 6 nitrogen and oxygen atoms in total. The Morgan fingerprint density at radius 1 is 1.17 bits per heavy atom. The number of hydrogen-bond acceptors (Lipinski definition) is 5. The van der Waals surface area contributed by atoms with Gasteiger partial charge in [-0.05, 0) is 45.0 Å². The monoisotopic (exact) mass is 336 g/mol. The first-order valence-corrected chi connectivity index (χ1v) is 7.46. The molecule has 1 aromatic carbocycles. The molecule has 0 saturated heterocycles. The van der Waals surface area contributed by atoms with Crippen molar-refractivity contribution < 1.29 is 19.1 Å². The summed E-state index contributed by atoms with van der Waals surface area (Å²) >= 11 is 6.13. The molecule has 7 heteroatoms. The van der Waals surface area contributed by atoms with Gasteiger partial charge in [0, 0.05) is 0 Å². The van der Waals surface area contributed by atoms with Crippen LogP contribution in [0.4, 0.5) is 0 Å². The molecule has 0 atom stereocenters. The highest BCUT2D eigenvalue weighted by atomic mass is 35.5. The fourth-order valence-electron chi connectivity index (χ4n) is 2.02. The number of aromatic nitrogens is 2. The Hall–Kier alpha value is -2.34. The first kappa shape index (κ1) is 17.0. The van der Waals surface area contributed by atoms with Crippen LogP contribution in [-0.2, 0) is 14.3 Å². The number of aryl methyl sites for hydroxylation is 1. The Balaban J connectivity index is 2.08. The molecule has 0 aliphatic carbocycles.